The quantitative estimate of drug-likeness (QED) is 0.615. The summed E-state index contributed by atoms with van der Waals surface area (Å²) in [6, 6.07) is 13.1. The molecule has 1 N–H and O–H groups in total. The standard InChI is InChI=1S/C25H30FN3O4S/c26-23-16-24(33-17-18-9-13-28(14-10-18)20-5-2-1-3-6-20)21(19-7-8-19)15-22(23)25(30)27-34(31,32)29-11-4-12-29/h1-3,5-6,15-16,18-19H,4,7-14,17H2,(H,27,30). The minimum atomic E-state index is -3.93. The van der Waals surface area contributed by atoms with Gasteiger partial charge in [-0.1, -0.05) is 18.2 Å². The third-order valence-electron chi connectivity index (χ3n) is 6.95. The molecule has 1 saturated carbocycles. The monoisotopic (exact) mass is 487 g/mol. The molecular weight excluding hydrogens is 457 g/mol. The van der Waals surface area contributed by atoms with Gasteiger partial charge in [-0.15, -0.1) is 0 Å². The molecule has 0 bridgehead atoms. The van der Waals surface area contributed by atoms with Gasteiger partial charge in [0.1, 0.15) is 11.6 Å². The summed E-state index contributed by atoms with van der Waals surface area (Å²) in [7, 11) is -3.93. The Morgan fingerprint density at radius 1 is 1.03 bits per heavy atom. The molecule has 0 radical (unpaired) electrons. The van der Waals surface area contributed by atoms with Crippen molar-refractivity contribution in [3.8, 4) is 5.75 Å². The molecule has 0 unspecified atom stereocenters. The highest BCUT2D eigenvalue weighted by atomic mass is 32.2. The molecule has 0 aromatic heterocycles. The third kappa shape index (κ3) is 5.05. The van der Waals surface area contributed by atoms with Crippen molar-refractivity contribution in [3.05, 3.63) is 59.4 Å². The summed E-state index contributed by atoms with van der Waals surface area (Å²) >= 11 is 0. The smallest absolute Gasteiger partial charge is 0.304 e. The molecule has 7 nitrogen and oxygen atoms in total. The summed E-state index contributed by atoms with van der Waals surface area (Å²) in [5.41, 5.74) is 1.76. The molecule has 2 aromatic rings. The highest BCUT2D eigenvalue weighted by Gasteiger charge is 2.33. The van der Waals surface area contributed by atoms with E-state index >= 15 is 0 Å². The number of hydrogen-bond acceptors (Lipinski definition) is 5. The molecule has 0 atom stereocenters. The van der Waals surface area contributed by atoms with Crippen molar-refractivity contribution in [1.29, 1.82) is 0 Å². The number of amides is 1. The lowest BCUT2D eigenvalue weighted by Crippen LogP contribution is -2.49. The Bertz CT molecular complexity index is 1140. The van der Waals surface area contributed by atoms with Gasteiger partial charge in [0.05, 0.1) is 12.2 Å². The van der Waals surface area contributed by atoms with Crippen LogP contribution in [0.5, 0.6) is 5.75 Å². The van der Waals surface area contributed by atoms with Crippen LogP contribution in [0.4, 0.5) is 10.1 Å². The first-order valence-electron chi connectivity index (χ1n) is 12.0. The van der Waals surface area contributed by atoms with Crippen molar-refractivity contribution >= 4 is 21.8 Å². The zero-order valence-electron chi connectivity index (χ0n) is 19.1. The lowest BCUT2D eigenvalue weighted by atomic mass is 9.97. The van der Waals surface area contributed by atoms with E-state index in [0.29, 0.717) is 31.4 Å². The SMILES string of the molecule is O=C(NS(=O)(=O)N1CCC1)c1cc(C2CC2)c(OCC2CCN(c3ccccc3)CC2)cc1F. The fourth-order valence-electron chi connectivity index (χ4n) is 4.55. The van der Waals surface area contributed by atoms with Crippen molar-refractivity contribution in [2.75, 3.05) is 37.7 Å². The fraction of sp³-hybridized carbons (Fsp3) is 0.480. The van der Waals surface area contributed by atoms with Crippen molar-refractivity contribution in [2.45, 2.75) is 38.0 Å². The highest BCUT2D eigenvalue weighted by Crippen LogP contribution is 2.45. The van der Waals surface area contributed by atoms with Crippen molar-refractivity contribution < 1.29 is 22.3 Å². The first kappa shape index (κ1) is 23.1. The van der Waals surface area contributed by atoms with Crippen LogP contribution in [0.25, 0.3) is 0 Å². The fourth-order valence-corrected chi connectivity index (χ4v) is 5.76. The molecule has 3 aliphatic rings. The Morgan fingerprint density at radius 3 is 2.35 bits per heavy atom. The number of hydrogen-bond donors (Lipinski definition) is 1. The molecule has 9 heteroatoms. The molecule has 3 fully saturated rings. The van der Waals surface area contributed by atoms with Crippen LogP contribution in [0.3, 0.4) is 0 Å². The Labute approximate surface area is 200 Å². The largest absolute Gasteiger partial charge is 0.493 e. The number of benzene rings is 2. The van der Waals surface area contributed by atoms with Gasteiger partial charge in [0, 0.05) is 37.9 Å². The molecule has 2 aromatic carbocycles. The van der Waals surface area contributed by atoms with Crippen LogP contribution < -0.4 is 14.4 Å². The molecule has 34 heavy (non-hydrogen) atoms. The van der Waals surface area contributed by atoms with Crippen LogP contribution in [-0.2, 0) is 10.2 Å². The average molecular weight is 488 g/mol. The molecule has 5 rings (SSSR count). The van der Waals surface area contributed by atoms with Gasteiger partial charge in [-0.2, -0.15) is 12.7 Å². The zero-order chi connectivity index (χ0) is 23.7. The van der Waals surface area contributed by atoms with Gasteiger partial charge in [0.2, 0.25) is 0 Å². The maximum atomic E-state index is 14.9. The predicted octanol–water partition coefficient (Wildman–Crippen LogP) is 3.68. The van der Waals surface area contributed by atoms with Crippen LogP contribution >= 0.6 is 0 Å². The summed E-state index contributed by atoms with van der Waals surface area (Å²) in [6.45, 7) is 3.14. The number of piperidine rings is 1. The van der Waals surface area contributed by atoms with Gasteiger partial charge in [-0.3, -0.25) is 4.79 Å². The van der Waals surface area contributed by atoms with E-state index in [2.05, 4.69) is 17.0 Å². The van der Waals surface area contributed by atoms with E-state index in [4.69, 9.17) is 4.74 Å². The number of nitrogens with zero attached hydrogens (tertiary/aromatic N) is 2. The maximum Gasteiger partial charge on any atom is 0.304 e. The Hall–Kier alpha value is -2.65. The van der Waals surface area contributed by atoms with Gasteiger partial charge in [0.15, 0.2) is 0 Å². The summed E-state index contributed by atoms with van der Waals surface area (Å²) < 4.78 is 48.6. The second-order valence-electron chi connectivity index (χ2n) is 9.41. The lowest BCUT2D eigenvalue weighted by Gasteiger charge is -2.33. The molecule has 2 aliphatic heterocycles. The normalized spacial score (nSPS) is 19.5. The van der Waals surface area contributed by atoms with Gasteiger partial charge < -0.3 is 9.64 Å². The minimum Gasteiger partial charge on any atom is -0.493 e. The molecular formula is C25H30FN3O4S. The van der Waals surface area contributed by atoms with Gasteiger partial charge in [-0.05, 0) is 67.7 Å². The van der Waals surface area contributed by atoms with E-state index in [1.54, 1.807) is 0 Å². The number of nitrogens with one attached hydrogen (secondary N) is 1. The van der Waals surface area contributed by atoms with Crippen molar-refractivity contribution in [1.82, 2.24) is 9.03 Å². The number of ether oxygens (including phenoxy) is 1. The third-order valence-corrected chi connectivity index (χ3v) is 8.44. The van der Waals surface area contributed by atoms with Gasteiger partial charge in [-0.25, -0.2) is 9.11 Å². The highest BCUT2D eigenvalue weighted by molar-refractivity contribution is 7.87. The molecule has 2 saturated heterocycles. The zero-order valence-corrected chi connectivity index (χ0v) is 19.9. The van der Waals surface area contributed by atoms with E-state index < -0.39 is 21.9 Å². The Balaban J connectivity index is 1.23. The van der Waals surface area contributed by atoms with E-state index in [1.165, 1.54) is 22.1 Å². The number of para-hydroxylation sites is 1. The van der Waals surface area contributed by atoms with E-state index in [9.17, 15) is 17.6 Å². The van der Waals surface area contributed by atoms with E-state index in [0.717, 1.165) is 50.8 Å². The topological polar surface area (TPSA) is 79.0 Å². The summed E-state index contributed by atoms with van der Waals surface area (Å²) in [5.74, 6) is -0.651. The van der Waals surface area contributed by atoms with Crippen LogP contribution in [-0.4, -0.2) is 51.4 Å². The number of carbonyl (C=O) groups is 1. The molecule has 1 amide bonds. The van der Waals surface area contributed by atoms with Crippen molar-refractivity contribution in [3.63, 3.8) is 0 Å². The maximum absolute atomic E-state index is 14.9. The lowest BCUT2D eigenvalue weighted by molar-refractivity contribution is 0.0973. The molecule has 182 valence electrons. The predicted molar refractivity (Wildman–Crippen MR) is 128 cm³/mol. The number of rotatable bonds is 8. The first-order chi connectivity index (χ1) is 16.4. The molecule has 1 aliphatic carbocycles. The van der Waals surface area contributed by atoms with Crippen LogP contribution in [0.2, 0.25) is 0 Å². The summed E-state index contributed by atoms with van der Waals surface area (Å²) in [6.07, 6.45) is 4.64. The molecule has 2 heterocycles. The van der Waals surface area contributed by atoms with E-state index in [1.807, 2.05) is 22.9 Å². The summed E-state index contributed by atoms with van der Waals surface area (Å²) in [5, 5.41) is 0. The Kier molecular flexibility index (Phi) is 6.48. The first-order valence-corrected chi connectivity index (χ1v) is 13.4. The van der Waals surface area contributed by atoms with Crippen LogP contribution in [0, 0.1) is 11.7 Å². The second kappa shape index (κ2) is 9.54. The number of carbonyl (C=O) groups excluding carboxylic acids is 1. The average Bonchev–Trinajstić information content (AvgIpc) is 3.62. The van der Waals surface area contributed by atoms with Crippen molar-refractivity contribution in [2.24, 2.45) is 5.92 Å². The number of halogens is 1. The second-order valence-corrected chi connectivity index (χ2v) is 11.1. The van der Waals surface area contributed by atoms with E-state index in [-0.39, 0.29) is 11.5 Å². The number of anilines is 1. The van der Waals surface area contributed by atoms with Gasteiger partial charge >= 0.3 is 10.2 Å². The minimum absolute atomic E-state index is 0.217. The van der Waals surface area contributed by atoms with Crippen LogP contribution in [0.1, 0.15) is 53.9 Å². The van der Waals surface area contributed by atoms with Gasteiger partial charge in [0.25, 0.3) is 5.91 Å². The molecule has 0 spiro atoms. The van der Waals surface area contributed by atoms with Crippen LogP contribution in [0.15, 0.2) is 42.5 Å². The summed E-state index contributed by atoms with van der Waals surface area (Å²) in [4.78, 5) is 15.0. The Morgan fingerprint density at radius 2 is 1.74 bits per heavy atom.